The number of rotatable bonds is 2. The van der Waals surface area contributed by atoms with Gasteiger partial charge in [0.2, 0.25) is 0 Å². The Hall–Kier alpha value is -2.89. The van der Waals surface area contributed by atoms with E-state index in [1.807, 2.05) is 19.1 Å². The van der Waals surface area contributed by atoms with Gasteiger partial charge in [-0.3, -0.25) is 9.59 Å². The normalized spacial score (nSPS) is 10.8. The van der Waals surface area contributed by atoms with Crippen molar-refractivity contribution in [1.29, 1.82) is 0 Å². The monoisotopic (exact) mass is 283 g/mol. The van der Waals surface area contributed by atoms with E-state index in [1.165, 1.54) is 12.3 Å². The minimum Gasteiger partial charge on any atom is -0.356 e. The first-order chi connectivity index (χ1) is 10.0. The van der Waals surface area contributed by atoms with E-state index in [0.29, 0.717) is 16.8 Å². The molecular weight excluding hydrogens is 270 g/mol. The van der Waals surface area contributed by atoms with Gasteiger partial charge in [0, 0.05) is 25.5 Å². The van der Waals surface area contributed by atoms with Crippen LogP contribution in [-0.4, -0.2) is 15.6 Å². The first kappa shape index (κ1) is 13.1. The third-order valence-corrected chi connectivity index (χ3v) is 3.16. The molecule has 0 aliphatic heterocycles. The Morgan fingerprint density at radius 3 is 2.95 bits per heavy atom. The first-order valence-electron chi connectivity index (χ1n) is 6.38. The van der Waals surface area contributed by atoms with Gasteiger partial charge in [0.05, 0.1) is 5.39 Å². The maximum Gasteiger partial charge on any atom is 0.262 e. The van der Waals surface area contributed by atoms with Gasteiger partial charge >= 0.3 is 0 Å². The highest BCUT2D eigenvalue weighted by molar-refractivity contribution is 6.07. The van der Waals surface area contributed by atoms with E-state index >= 15 is 0 Å². The van der Waals surface area contributed by atoms with Crippen molar-refractivity contribution in [3.05, 3.63) is 58.0 Å². The molecule has 0 spiro atoms. The first-order valence-corrected chi connectivity index (χ1v) is 6.38. The fourth-order valence-electron chi connectivity index (χ4n) is 2.07. The predicted molar refractivity (Wildman–Crippen MR) is 78.4 cm³/mol. The van der Waals surface area contributed by atoms with Gasteiger partial charge in [0.15, 0.2) is 16.8 Å². The van der Waals surface area contributed by atoms with E-state index in [9.17, 15) is 9.59 Å². The number of hydrogen-bond donors (Lipinski definition) is 1. The largest absolute Gasteiger partial charge is 0.356 e. The molecule has 0 aliphatic carbocycles. The number of carbonyl (C=O) groups excluding carboxylic acids is 1. The van der Waals surface area contributed by atoms with Gasteiger partial charge in [0.1, 0.15) is 5.56 Å². The Labute approximate surface area is 120 Å². The zero-order valence-corrected chi connectivity index (χ0v) is 11.6. The maximum atomic E-state index is 12.2. The smallest absolute Gasteiger partial charge is 0.262 e. The number of aromatic nitrogens is 2. The Balaban J connectivity index is 1.98. The van der Waals surface area contributed by atoms with Crippen LogP contribution in [0.25, 0.3) is 11.0 Å². The Bertz CT molecular complexity index is 893. The number of fused-ring (bicyclic) bond motifs is 1. The molecule has 2 heterocycles. The lowest BCUT2D eigenvalue weighted by atomic mass is 10.2. The molecule has 106 valence electrons. The van der Waals surface area contributed by atoms with Crippen LogP contribution in [0.5, 0.6) is 0 Å². The van der Waals surface area contributed by atoms with E-state index in [-0.39, 0.29) is 11.0 Å². The predicted octanol–water partition coefficient (Wildman–Crippen LogP) is 2.09. The van der Waals surface area contributed by atoms with Gasteiger partial charge < -0.3 is 14.4 Å². The molecule has 0 fully saturated rings. The van der Waals surface area contributed by atoms with Crippen molar-refractivity contribution in [2.75, 3.05) is 5.32 Å². The fraction of sp³-hybridized carbons (Fsp3) is 0.133. The van der Waals surface area contributed by atoms with Crippen LogP contribution in [0.15, 0.2) is 46.0 Å². The molecule has 6 heteroatoms. The van der Waals surface area contributed by atoms with Crippen molar-refractivity contribution in [1.82, 2.24) is 9.72 Å². The highest BCUT2D eigenvalue weighted by atomic mass is 16.5. The Morgan fingerprint density at radius 2 is 2.14 bits per heavy atom. The van der Waals surface area contributed by atoms with Crippen LogP contribution in [0, 0.1) is 6.92 Å². The van der Waals surface area contributed by atoms with E-state index in [4.69, 9.17) is 4.52 Å². The number of pyridine rings is 1. The molecule has 0 radical (unpaired) electrons. The summed E-state index contributed by atoms with van der Waals surface area (Å²) in [5, 5.41) is 7.16. The number of amides is 1. The lowest BCUT2D eigenvalue weighted by Crippen LogP contribution is -2.22. The number of carbonyl (C=O) groups is 1. The summed E-state index contributed by atoms with van der Waals surface area (Å²) < 4.78 is 6.79. The molecule has 2 aromatic heterocycles. The zero-order valence-electron chi connectivity index (χ0n) is 11.6. The number of nitrogens with zero attached hydrogens (tertiary/aromatic N) is 2. The Morgan fingerprint density at radius 1 is 1.33 bits per heavy atom. The second-order valence-corrected chi connectivity index (χ2v) is 4.87. The lowest BCUT2D eigenvalue weighted by Gasteiger charge is -2.03. The molecule has 6 nitrogen and oxygen atoms in total. The van der Waals surface area contributed by atoms with Gasteiger partial charge in [-0.1, -0.05) is 16.8 Å². The molecule has 0 unspecified atom stereocenters. The van der Waals surface area contributed by atoms with E-state index < -0.39 is 5.91 Å². The summed E-state index contributed by atoms with van der Waals surface area (Å²) in [7, 11) is 1.74. The summed E-state index contributed by atoms with van der Waals surface area (Å²) in [6.07, 6.45) is 3.07. The van der Waals surface area contributed by atoms with Crippen molar-refractivity contribution in [3.8, 4) is 0 Å². The molecule has 0 atom stereocenters. The van der Waals surface area contributed by atoms with Crippen LogP contribution in [-0.2, 0) is 7.05 Å². The number of aryl methyl sites for hydroxylation is 2. The number of anilines is 1. The third-order valence-electron chi connectivity index (χ3n) is 3.16. The van der Waals surface area contributed by atoms with Gasteiger partial charge in [-0.2, -0.15) is 0 Å². The van der Waals surface area contributed by atoms with Crippen LogP contribution >= 0.6 is 0 Å². The molecular formula is C15H13N3O3. The fourth-order valence-corrected chi connectivity index (χ4v) is 2.07. The number of benzene rings is 1. The quantitative estimate of drug-likeness (QED) is 0.781. The van der Waals surface area contributed by atoms with Gasteiger partial charge in [0.25, 0.3) is 5.91 Å². The van der Waals surface area contributed by atoms with Crippen LogP contribution in [0.2, 0.25) is 0 Å². The van der Waals surface area contributed by atoms with Crippen molar-refractivity contribution < 1.29 is 9.32 Å². The highest BCUT2D eigenvalue weighted by Gasteiger charge is 2.15. The minimum absolute atomic E-state index is 0.0591. The van der Waals surface area contributed by atoms with Gasteiger partial charge in [-0.15, -0.1) is 0 Å². The molecule has 0 aliphatic rings. The van der Waals surface area contributed by atoms with E-state index in [0.717, 1.165) is 5.56 Å². The van der Waals surface area contributed by atoms with Crippen molar-refractivity contribution in [2.45, 2.75) is 6.92 Å². The number of hydrogen-bond acceptors (Lipinski definition) is 4. The average Bonchev–Trinajstić information content (AvgIpc) is 2.84. The van der Waals surface area contributed by atoms with Gasteiger partial charge in [-0.05, 0) is 19.1 Å². The van der Waals surface area contributed by atoms with E-state index in [2.05, 4.69) is 10.5 Å². The van der Waals surface area contributed by atoms with Gasteiger partial charge in [-0.25, -0.2) is 0 Å². The summed E-state index contributed by atoms with van der Waals surface area (Å²) >= 11 is 0. The molecule has 0 bridgehead atoms. The molecule has 1 N–H and O–H groups in total. The summed E-state index contributed by atoms with van der Waals surface area (Å²) in [6.45, 7) is 1.94. The summed E-state index contributed by atoms with van der Waals surface area (Å²) in [6, 6.07) is 6.89. The van der Waals surface area contributed by atoms with Crippen molar-refractivity contribution in [2.24, 2.45) is 7.05 Å². The molecule has 1 amide bonds. The molecule has 3 rings (SSSR count). The SMILES string of the molecule is Cc1ccc2onc(NC(=O)c3cn(C)ccc3=O)c2c1. The summed E-state index contributed by atoms with van der Waals surface area (Å²) in [4.78, 5) is 23.9. The van der Waals surface area contributed by atoms with Crippen LogP contribution in [0.1, 0.15) is 15.9 Å². The highest BCUT2D eigenvalue weighted by Crippen LogP contribution is 2.23. The topological polar surface area (TPSA) is 77.1 Å². The maximum absolute atomic E-state index is 12.2. The summed E-state index contributed by atoms with van der Waals surface area (Å²) in [5.41, 5.74) is 1.33. The Kier molecular flexibility index (Phi) is 3.06. The molecule has 3 aromatic rings. The minimum atomic E-state index is -0.507. The zero-order chi connectivity index (χ0) is 15.0. The average molecular weight is 283 g/mol. The summed E-state index contributed by atoms with van der Waals surface area (Å²) in [5.74, 6) is -0.197. The van der Waals surface area contributed by atoms with Crippen LogP contribution in [0.4, 0.5) is 5.82 Å². The van der Waals surface area contributed by atoms with Crippen molar-refractivity contribution >= 4 is 22.7 Å². The third kappa shape index (κ3) is 2.43. The number of nitrogens with one attached hydrogen (secondary N) is 1. The molecule has 0 saturated heterocycles. The second-order valence-electron chi connectivity index (χ2n) is 4.87. The molecule has 1 aromatic carbocycles. The van der Waals surface area contributed by atoms with Crippen LogP contribution < -0.4 is 10.7 Å². The van der Waals surface area contributed by atoms with Crippen molar-refractivity contribution in [3.63, 3.8) is 0 Å². The molecule has 21 heavy (non-hydrogen) atoms. The lowest BCUT2D eigenvalue weighted by molar-refractivity contribution is 0.102. The van der Waals surface area contributed by atoms with Crippen LogP contribution in [0.3, 0.4) is 0 Å². The standard InChI is InChI=1S/C15H13N3O3/c1-9-3-4-13-10(7-9)14(17-21-13)16-15(20)11-8-18(2)6-5-12(11)19/h3-8H,1-2H3,(H,16,17,20). The molecule has 0 saturated carbocycles. The van der Waals surface area contributed by atoms with E-state index in [1.54, 1.807) is 23.9 Å². The second kappa shape index (κ2) is 4.90.